The largest absolute Gasteiger partial charge is 0.466 e. The minimum Gasteiger partial charge on any atom is -0.466 e. The molecule has 2 N–H and O–H groups in total. The maximum Gasteiger partial charge on any atom is 0.306 e. The van der Waals surface area contributed by atoms with Crippen LogP contribution < -0.4 is 0 Å². The van der Waals surface area contributed by atoms with Crippen LogP contribution in [-0.2, 0) is 9.53 Å². The first-order valence-electron chi connectivity index (χ1n) is 9.40. The lowest BCUT2D eigenvalue weighted by Gasteiger charge is -2.17. The van der Waals surface area contributed by atoms with E-state index in [0.29, 0.717) is 13.0 Å². The topological polar surface area (TPSA) is 57.9 Å². The van der Waals surface area contributed by atoms with Crippen molar-refractivity contribution in [2.75, 3.05) is 6.61 Å². The summed E-state index contributed by atoms with van der Waals surface area (Å²) in [7, 11) is 0. The summed E-state index contributed by atoms with van der Waals surface area (Å²) in [6, 6.07) is 16.5. The predicted octanol–water partition coefficient (Wildman–Crippen LogP) is 5.35. The Morgan fingerprint density at radius 2 is 1.37 bits per heavy atom. The lowest BCUT2D eigenvalue weighted by atomic mass is 9.92. The fraction of sp³-hybridized carbons (Fsp3) is 0.261. The number of hydrogen-bond donors (Lipinski definition) is 2. The molecule has 2 aromatic heterocycles. The van der Waals surface area contributed by atoms with E-state index < -0.39 is 0 Å². The maximum atomic E-state index is 12.4. The van der Waals surface area contributed by atoms with Crippen molar-refractivity contribution in [2.24, 2.45) is 0 Å². The molecule has 0 saturated carbocycles. The van der Waals surface area contributed by atoms with Gasteiger partial charge in [0.15, 0.2) is 0 Å². The lowest BCUT2D eigenvalue weighted by Crippen LogP contribution is -2.14. The van der Waals surface area contributed by atoms with Gasteiger partial charge in [0.2, 0.25) is 0 Å². The number of para-hydroxylation sites is 2. The third-order valence-electron chi connectivity index (χ3n) is 5.38. The third-order valence-corrected chi connectivity index (χ3v) is 5.38. The molecule has 2 aromatic carbocycles. The Morgan fingerprint density at radius 1 is 0.889 bits per heavy atom. The Labute approximate surface area is 158 Å². The zero-order valence-electron chi connectivity index (χ0n) is 15.9. The number of benzene rings is 2. The van der Waals surface area contributed by atoms with E-state index in [1.165, 1.54) is 21.9 Å². The van der Waals surface area contributed by atoms with Gasteiger partial charge in [-0.3, -0.25) is 4.79 Å². The van der Waals surface area contributed by atoms with Gasteiger partial charge in [0.25, 0.3) is 0 Å². The number of aryl methyl sites for hydroxylation is 2. The van der Waals surface area contributed by atoms with E-state index in [0.717, 1.165) is 22.4 Å². The number of ether oxygens (including phenoxy) is 1. The van der Waals surface area contributed by atoms with Gasteiger partial charge in [-0.25, -0.2) is 0 Å². The quantitative estimate of drug-likeness (QED) is 0.471. The number of carbonyl (C=O) groups is 1. The minimum absolute atomic E-state index is 0.108. The molecule has 0 radical (unpaired) electrons. The summed E-state index contributed by atoms with van der Waals surface area (Å²) in [5, 5.41) is 2.38. The molecule has 0 aliphatic rings. The standard InChI is InChI=1S/C23H24N2O2/c1-4-27-21(26)13-18(22-14(2)16-9-5-7-11-19(16)24-22)23-15(3)17-10-6-8-12-20(17)25-23/h5-12,18,24-25H,4,13H2,1-3H3. The molecule has 4 aromatic rings. The number of carbonyl (C=O) groups excluding carboxylic acids is 1. The normalized spacial score (nSPS) is 11.6. The Kier molecular flexibility index (Phi) is 4.48. The van der Waals surface area contributed by atoms with Crippen molar-refractivity contribution >= 4 is 27.8 Å². The van der Waals surface area contributed by atoms with Gasteiger partial charge in [0.05, 0.1) is 18.9 Å². The number of hydrogen-bond acceptors (Lipinski definition) is 2. The number of fused-ring (bicyclic) bond motifs is 2. The first-order valence-corrected chi connectivity index (χ1v) is 9.40. The SMILES string of the molecule is CCOC(=O)CC(c1[nH]c2ccccc2c1C)c1[nH]c2ccccc2c1C. The highest BCUT2D eigenvalue weighted by molar-refractivity contribution is 5.87. The van der Waals surface area contributed by atoms with Gasteiger partial charge in [0, 0.05) is 33.2 Å². The van der Waals surface area contributed by atoms with Gasteiger partial charge in [-0.2, -0.15) is 0 Å². The van der Waals surface area contributed by atoms with Crippen LogP contribution in [0.15, 0.2) is 48.5 Å². The van der Waals surface area contributed by atoms with Gasteiger partial charge in [-0.05, 0) is 44.0 Å². The number of nitrogens with one attached hydrogen (secondary N) is 2. The second-order valence-corrected chi connectivity index (χ2v) is 6.98. The zero-order chi connectivity index (χ0) is 19.0. The predicted molar refractivity (Wildman–Crippen MR) is 109 cm³/mol. The minimum atomic E-state index is -0.182. The van der Waals surface area contributed by atoms with E-state index in [1.807, 2.05) is 31.2 Å². The molecule has 0 saturated heterocycles. The van der Waals surface area contributed by atoms with Crippen LogP contribution in [0.25, 0.3) is 21.8 Å². The highest BCUT2D eigenvalue weighted by Crippen LogP contribution is 2.37. The smallest absolute Gasteiger partial charge is 0.306 e. The zero-order valence-corrected chi connectivity index (χ0v) is 15.9. The molecule has 0 spiro atoms. The van der Waals surface area contributed by atoms with Gasteiger partial charge in [-0.15, -0.1) is 0 Å². The first kappa shape index (κ1) is 17.4. The van der Waals surface area contributed by atoms with Crippen molar-refractivity contribution in [3.05, 3.63) is 71.0 Å². The summed E-state index contributed by atoms with van der Waals surface area (Å²) in [4.78, 5) is 19.5. The summed E-state index contributed by atoms with van der Waals surface area (Å²) >= 11 is 0. The van der Waals surface area contributed by atoms with Crippen LogP contribution in [0.5, 0.6) is 0 Å². The summed E-state index contributed by atoms with van der Waals surface area (Å²) in [5.74, 6) is -0.289. The van der Waals surface area contributed by atoms with Crippen LogP contribution in [0.1, 0.15) is 41.8 Å². The molecule has 0 amide bonds. The van der Waals surface area contributed by atoms with E-state index in [2.05, 4.69) is 48.1 Å². The summed E-state index contributed by atoms with van der Waals surface area (Å²) in [5.41, 5.74) is 6.67. The number of esters is 1. The molecular weight excluding hydrogens is 336 g/mol. The van der Waals surface area contributed by atoms with Gasteiger partial charge < -0.3 is 14.7 Å². The molecule has 138 valence electrons. The summed E-state index contributed by atoms with van der Waals surface area (Å²) < 4.78 is 5.28. The van der Waals surface area contributed by atoms with Crippen LogP contribution in [-0.4, -0.2) is 22.5 Å². The van der Waals surface area contributed by atoms with Gasteiger partial charge in [-0.1, -0.05) is 36.4 Å². The van der Waals surface area contributed by atoms with E-state index in [4.69, 9.17) is 4.74 Å². The average Bonchev–Trinajstić information content (AvgIpc) is 3.18. The summed E-state index contributed by atoms with van der Waals surface area (Å²) in [6.45, 7) is 6.47. The molecule has 0 aliphatic heterocycles. The molecule has 4 rings (SSSR count). The van der Waals surface area contributed by atoms with Crippen LogP contribution in [0.3, 0.4) is 0 Å². The van der Waals surface area contributed by atoms with E-state index in [9.17, 15) is 4.79 Å². The lowest BCUT2D eigenvalue weighted by molar-refractivity contribution is -0.143. The van der Waals surface area contributed by atoms with Gasteiger partial charge >= 0.3 is 5.97 Å². The average molecular weight is 360 g/mol. The second-order valence-electron chi connectivity index (χ2n) is 6.98. The first-order chi connectivity index (χ1) is 13.1. The Hall–Kier alpha value is -3.01. The third kappa shape index (κ3) is 3.01. The molecule has 0 fully saturated rings. The fourth-order valence-electron chi connectivity index (χ4n) is 4.04. The van der Waals surface area contributed by atoms with Crippen LogP contribution in [0, 0.1) is 13.8 Å². The van der Waals surface area contributed by atoms with Crippen LogP contribution in [0.2, 0.25) is 0 Å². The Balaban J connectivity index is 1.89. The molecule has 2 heterocycles. The molecule has 4 heteroatoms. The number of aromatic amines is 2. The summed E-state index contributed by atoms with van der Waals surface area (Å²) in [6.07, 6.45) is 0.301. The highest BCUT2D eigenvalue weighted by Gasteiger charge is 2.26. The van der Waals surface area contributed by atoms with Crippen LogP contribution >= 0.6 is 0 Å². The van der Waals surface area contributed by atoms with E-state index in [-0.39, 0.29) is 11.9 Å². The van der Waals surface area contributed by atoms with Crippen molar-refractivity contribution < 1.29 is 9.53 Å². The van der Waals surface area contributed by atoms with Crippen molar-refractivity contribution in [3.63, 3.8) is 0 Å². The number of aromatic nitrogens is 2. The molecule has 0 bridgehead atoms. The Morgan fingerprint density at radius 3 is 1.81 bits per heavy atom. The fourth-order valence-corrected chi connectivity index (χ4v) is 4.04. The van der Waals surface area contributed by atoms with Crippen LogP contribution in [0.4, 0.5) is 0 Å². The molecule has 0 aliphatic carbocycles. The monoisotopic (exact) mass is 360 g/mol. The maximum absolute atomic E-state index is 12.4. The molecule has 0 atom stereocenters. The molecular formula is C23H24N2O2. The highest BCUT2D eigenvalue weighted by atomic mass is 16.5. The van der Waals surface area contributed by atoms with E-state index >= 15 is 0 Å². The van der Waals surface area contributed by atoms with Crippen molar-refractivity contribution in [1.29, 1.82) is 0 Å². The van der Waals surface area contributed by atoms with Crippen molar-refractivity contribution in [3.8, 4) is 0 Å². The number of H-pyrrole nitrogens is 2. The molecule has 27 heavy (non-hydrogen) atoms. The van der Waals surface area contributed by atoms with Crippen molar-refractivity contribution in [2.45, 2.75) is 33.1 Å². The second kappa shape index (κ2) is 6.95. The molecule has 0 unspecified atom stereocenters. The van der Waals surface area contributed by atoms with Gasteiger partial charge in [0.1, 0.15) is 0 Å². The van der Waals surface area contributed by atoms with E-state index in [1.54, 1.807) is 0 Å². The molecule has 4 nitrogen and oxygen atoms in total. The number of rotatable bonds is 5. The Bertz CT molecular complexity index is 1040. The van der Waals surface area contributed by atoms with Crippen molar-refractivity contribution in [1.82, 2.24) is 9.97 Å².